The van der Waals surface area contributed by atoms with Gasteiger partial charge in [-0.2, -0.15) is 4.98 Å². The van der Waals surface area contributed by atoms with E-state index in [0.29, 0.717) is 51.0 Å². The molecular weight excluding hydrogens is 348 g/mol. The topological polar surface area (TPSA) is 73.8 Å². The molecule has 0 unspecified atom stereocenters. The van der Waals surface area contributed by atoms with E-state index in [1.54, 1.807) is 29.7 Å². The zero-order chi connectivity index (χ0) is 17.3. The highest BCUT2D eigenvalue weighted by atomic mass is 35.5. The molecule has 0 aliphatic rings. The number of hydrogen-bond donors (Lipinski definition) is 0. The molecule has 8 heteroatoms. The minimum Gasteiger partial charge on any atom is -0.338 e. The predicted molar refractivity (Wildman–Crippen MR) is 94.4 cm³/mol. The summed E-state index contributed by atoms with van der Waals surface area (Å²) in [6.45, 7) is 6.47. The molecule has 0 spiro atoms. The molecule has 3 rings (SSSR count). The summed E-state index contributed by atoms with van der Waals surface area (Å²) in [4.78, 5) is 21.7. The van der Waals surface area contributed by atoms with Crippen LogP contribution in [0.2, 0.25) is 5.02 Å². The first-order valence-corrected chi connectivity index (χ1v) is 8.92. The minimum absolute atomic E-state index is 0.0830. The van der Waals surface area contributed by atoms with Gasteiger partial charge in [0.25, 0.3) is 5.56 Å². The van der Waals surface area contributed by atoms with Crippen molar-refractivity contribution in [3.8, 4) is 0 Å². The number of hydrogen-bond acceptors (Lipinski definition) is 6. The summed E-state index contributed by atoms with van der Waals surface area (Å²) in [5.41, 5.74) is 0.550. The van der Waals surface area contributed by atoms with Crippen LogP contribution in [0.15, 0.2) is 32.7 Å². The summed E-state index contributed by atoms with van der Waals surface area (Å²) in [7, 11) is 0. The van der Waals surface area contributed by atoms with Gasteiger partial charge in [0, 0.05) is 11.6 Å². The Bertz CT molecular complexity index is 935. The highest BCUT2D eigenvalue weighted by molar-refractivity contribution is 7.98. The van der Waals surface area contributed by atoms with Gasteiger partial charge in [-0.05, 0) is 31.0 Å². The lowest BCUT2D eigenvalue weighted by Gasteiger charge is -2.14. The third-order valence-corrected chi connectivity index (χ3v) is 4.52. The molecule has 0 N–H and O–H groups in total. The summed E-state index contributed by atoms with van der Waals surface area (Å²) in [5.74, 6) is 1.88. The van der Waals surface area contributed by atoms with Gasteiger partial charge in [0.1, 0.15) is 0 Å². The molecule has 24 heavy (non-hydrogen) atoms. The van der Waals surface area contributed by atoms with E-state index >= 15 is 0 Å². The molecule has 0 fully saturated rings. The SMILES string of the molecule is Cc1noc(CSc2nc3ccc(Cl)cc3c(=O)n2CC(C)C)n1. The molecule has 0 amide bonds. The molecule has 6 nitrogen and oxygen atoms in total. The number of halogens is 1. The summed E-state index contributed by atoms with van der Waals surface area (Å²) < 4.78 is 6.82. The van der Waals surface area contributed by atoms with E-state index in [1.165, 1.54) is 11.8 Å². The molecule has 0 saturated heterocycles. The van der Waals surface area contributed by atoms with Crippen LogP contribution in [-0.2, 0) is 12.3 Å². The second-order valence-corrected chi connectivity index (χ2v) is 7.27. The third kappa shape index (κ3) is 3.62. The van der Waals surface area contributed by atoms with Crippen LogP contribution < -0.4 is 5.56 Å². The number of fused-ring (bicyclic) bond motifs is 1. The standard InChI is InChI=1S/C16H17ClN4O2S/c1-9(2)7-21-15(22)12-6-11(17)4-5-13(12)19-16(21)24-8-14-18-10(3)20-23-14/h4-6,9H,7-8H2,1-3H3. The first kappa shape index (κ1) is 17.0. The van der Waals surface area contributed by atoms with E-state index in [0.717, 1.165) is 0 Å². The van der Waals surface area contributed by atoms with Crippen LogP contribution in [0.1, 0.15) is 25.6 Å². The fraction of sp³-hybridized carbons (Fsp3) is 0.375. The average Bonchev–Trinajstić information content (AvgIpc) is 2.94. The van der Waals surface area contributed by atoms with Gasteiger partial charge in [0.2, 0.25) is 5.89 Å². The van der Waals surface area contributed by atoms with Gasteiger partial charge in [-0.25, -0.2) is 4.98 Å². The Hall–Kier alpha value is -1.86. The van der Waals surface area contributed by atoms with Crippen molar-refractivity contribution < 1.29 is 4.52 Å². The van der Waals surface area contributed by atoms with Crippen LogP contribution in [0.5, 0.6) is 0 Å². The summed E-state index contributed by atoms with van der Waals surface area (Å²) in [6, 6.07) is 5.16. The zero-order valence-corrected chi connectivity index (χ0v) is 15.2. The Labute approximate surface area is 148 Å². The Morgan fingerprint density at radius 1 is 1.33 bits per heavy atom. The van der Waals surface area contributed by atoms with Crippen LogP contribution in [0.25, 0.3) is 10.9 Å². The van der Waals surface area contributed by atoms with Crippen molar-refractivity contribution in [3.63, 3.8) is 0 Å². The van der Waals surface area contributed by atoms with E-state index in [1.807, 2.05) is 0 Å². The van der Waals surface area contributed by atoms with Crippen molar-refractivity contribution >= 4 is 34.3 Å². The quantitative estimate of drug-likeness (QED) is 0.507. The number of thioether (sulfide) groups is 1. The van der Waals surface area contributed by atoms with E-state index in [-0.39, 0.29) is 5.56 Å². The number of aromatic nitrogens is 4. The van der Waals surface area contributed by atoms with Gasteiger partial charge in [0.15, 0.2) is 11.0 Å². The van der Waals surface area contributed by atoms with Crippen LogP contribution in [0.3, 0.4) is 0 Å². The van der Waals surface area contributed by atoms with E-state index in [9.17, 15) is 4.79 Å². The smallest absolute Gasteiger partial charge is 0.262 e. The normalized spacial score (nSPS) is 11.5. The molecule has 0 bridgehead atoms. The van der Waals surface area contributed by atoms with Gasteiger partial charge in [-0.3, -0.25) is 9.36 Å². The van der Waals surface area contributed by atoms with Gasteiger partial charge in [-0.1, -0.05) is 42.4 Å². The van der Waals surface area contributed by atoms with Gasteiger partial charge in [-0.15, -0.1) is 0 Å². The van der Waals surface area contributed by atoms with Crippen molar-refractivity contribution in [2.24, 2.45) is 5.92 Å². The maximum absolute atomic E-state index is 12.9. The molecule has 0 saturated carbocycles. The molecule has 0 atom stereocenters. The fourth-order valence-electron chi connectivity index (χ4n) is 2.33. The van der Waals surface area contributed by atoms with Crippen LogP contribution in [0, 0.1) is 12.8 Å². The number of aryl methyl sites for hydroxylation is 1. The second kappa shape index (κ2) is 6.94. The third-order valence-electron chi connectivity index (χ3n) is 3.32. The Morgan fingerprint density at radius 3 is 2.79 bits per heavy atom. The van der Waals surface area contributed by atoms with E-state index in [2.05, 4.69) is 29.0 Å². The molecule has 0 radical (unpaired) electrons. The predicted octanol–water partition coefficient (Wildman–Crippen LogP) is 3.69. The lowest BCUT2D eigenvalue weighted by atomic mass is 10.2. The summed E-state index contributed by atoms with van der Waals surface area (Å²) in [6.07, 6.45) is 0. The fourth-order valence-corrected chi connectivity index (χ4v) is 3.35. The van der Waals surface area contributed by atoms with Crippen LogP contribution >= 0.6 is 23.4 Å². The van der Waals surface area contributed by atoms with Crippen molar-refractivity contribution in [2.75, 3.05) is 0 Å². The van der Waals surface area contributed by atoms with Crippen molar-refractivity contribution in [1.82, 2.24) is 19.7 Å². The average molecular weight is 365 g/mol. The molecule has 2 aromatic heterocycles. The molecule has 126 valence electrons. The Kier molecular flexibility index (Phi) is 4.91. The maximum atomic E-state index is 12.9. The monoisotopic (exact) mass is 364 g/mol. The zero-order valence-electron chi connectivity index (χ0n) is 13.6. The molecule has 0 aliphatic heterocycles. The second-order valence-electron chi connectivity index (χ2n) is 5.89. The summed E-state index contributed by atoms with van der Waals surface area (Å²) in [5, 5.41) is 5.47. The van der Waals surface area contributed by atoms with Crippen LogP contribution in [-0.4, -0.2) is 19.7 Å². The molecule has 2 heterocycles. The first-order valence-electron chi connectivity index (χ1n) is 7.56. The molecule has 3 aromatic rings. The van der Waals surface area contributed by atoms with Crippen molar-refractivity contribution in [1.29, 1.82) is 0 Å². The maximum Gasteiger partial charge on any atom is 0.262 e. The van der Waals surface area contributed by atoms with Gasteiger partial charge >= 0.3 is 0 Å². The lowest BCUT2D eigenvalue weighted by Crippen LogP contribution is -2.25. The minimum atomic E-state index is -0.0830. The van der Waals surface area contributed by atoms with E-state index in [4.69, 9.17) is 16.1 Å². The largest absolute Gasteiger partial charge is 0.338 e. The number of benzene rings is 1. The van der Waals surface area contributed by atoms with Gasteiger partial charge in [0.05, 0.1) is 16.7 Å². The van der Waals surface area contributed by atoms with E-state index < -0.39 is 0 Å². The number of nitrogens with zero attached hydrogens (tertiary/aromatic N) is 4. The molecule has 0 aliphatic carbocycles. The molecular formula is C16H17ClN4O2S. The summed E-state index contributed by atoms with van der Waals surface area (Å²) >= 11 is 7.43. The lowest BCUT2D eigenvalue weighted by molar-refractivity contribution is 0.386. The van der Waals surface area contributed by atoms with Gasteiger partial charge < -0.3 is 4.52 Å². The Balaban J connectivity index is 2.03. The number of rotatable bonds is 5. The van der Waals surface area contributed by atoms with Crippen molar-refractivity contribution in [2.45, 2.75) is 38.2 Å². The van der Waals surface area contributed by atoms with Crippen LogP contribution in [0.4, 0.5) is 0 Å². The molecule has 1 aromatic carbocycles. The Morgan fingerprint density at radius 2 is 2.12 bits per heavy atom. The highest BCUT2D eigenvalue weighted by Gasteiger charge is 2.14. The first-order chi connectivity index (χ1) is 11.4. The van der Waals surface area contributed by atoms with Crippen molar-refractivity contribution in [3.05, 3.63) is 45.3 Å². The highest BCUT2D eigenvalue weighted by Crippen LogP contribution is 2.23.